The van der Waals surface area contributed by atoms with Crippen LogP contribution in [0.3, 0.4) is 0 Å². The molecule has 0 unspecified atom stereocenters. The molecule has 0 aliphatic heterocycles. The van der Waals surface area contributed by atoms with Gasteiger partial charge in [0.1, 0.15) is 0 Å². The Labute approximate surface area is 135 Å². The van der Waals surface area contributed by atoms with Gasteiger partial charge in [-0.1, -0.05) is 62.2 Å². The second kappa shape index (κ2) is 7.75. The second-order valence-corrected chi connectivity index (χ2v) is 6.67. The standard InChI is InChI=1S/C20H30N2/c1-4-5-13-20(16-21,14-15-22(2)3)19-12-8-10-17-9-6-7-11-18(17)19/h6-12H,4-5,13-16,21H2,1-3H3/t20-/m0/s1. The summed E-state index contributed by atoms with van der Waals surface area (Å²) in [6.45, 7) is 4.05. The molecule has 0 bridgehead atoms. The molecular weight excluding hydrogens is 268 g/mol. The SMILES string of the molecule is CCCC[C@@](CN)(CCN(C)C)c1cccc2ccccc12. The molecule has 2 heteroatoms. The maximum absolute atomic E-state index is 6.34. The van der Waals surface area contributed by atoms with E-state index in [0.29, 0.717) is 0 Å². The molecule has 0 amide bonds. The number of fused-ring (bicyclic) bond motifs is 1. The maximum atomic E-state index is 6.34. The van der Waals surface area contributed by atoms with Gasteiger partial charge in [-0.05, 0) is 49.8 Å². The lowest BCUT2D eigenvalue weighted by Crippen LogP contribution is -2.38. The summed E-state index contributed by atoms with van der Waals surface area (Å²) >= 11 is 0. The van der Waals surface area contributed by atoms with E-state index in [-0.39, 0.29) is 5.41 Å². The van der Waals surface area contributed by atoms with Crippen LogP contribution in [0.25, 0.3) is 10.8 Å². The Bertz CT molecular complexity index is 586. The van der Waals surface area contributed by atoms with Crippen LogP contribution in [-0.4, -0.2) is 32.1 Å². The first kappa shape index (κ1) is 17.0. The zero-order valence-corrected chi connectivity index (χ0v) is 14.3. The fraction of sp³-hybridized carbons (Fsp3) is 0.500. The Morgan fingerprint density at radius 3 is 2.41 bits per heavy atom. The molecule has 0 heterocycles. The number of hydrogen-bond acceptors (Lipinski definition) is 2. The first-order valence-electron chi connectivity index (χ1n) is 8.46. The van der Waals surface area contributed by atoms with Crippen LogP contribution in [-0.2, 0) is 5.41 Å². The number of rotatable bonds is 8. The van der Waals surface area contributed by atoms with Gasteiger partial charge in [0.25, 0.3) is 0 Å². The van der Waals surface area contributed by atoms with Crippen LogP contribution in [0.5, 0.6) is 0 Å². The van der Waals surface area contributed by atoms with E-state index >= 15 is 0 Å². The maximum Gasteiger partial charge on any atom is 0.00938 e. The highest BCUT2D eigenvalue weighted by Gasteiger charge is 2.31. The van der Waals surface area contributed by atoms with Crippen LogP contribution in [0, 0.1) is 0 Å². The van der Waals surface area contributed by atoms with Crippen LogP contribution in [0.15, 0.2) is 42.5 Å². The Balaban J connectivity index is 2.49. The molecule has 0 aromatic heterocycles. The molecule has 2 N–H and O–H groups in total. The highest BCUT2D eigenvalue weighted by molar-refractivity contribution is 5.86. The minimum absolute atomic E-state index is 0.0845. The third-order valence-electron chi connectivity index (χ3n) is 4.80. The predicted octanol–water partition coefficient (Wildman–Crippen LogP) is 4.18. The van der Waals surface area contributed by atoms with Crippen molar-refractivity contribution in [1.82, 2.24) is 4.90 Å². The van der Waals surface area contributed by atoms with Crippen molar-refractivity contribution in [1.29, 1.82) is 0 Å². The Kier molecular flexibility index (Phi) is 5.98. The monoisotopic (exact) mass is 298 g/mol. The van der Waals surface area contributed by atoms with Crippen molar-refractivity contribution in [3.05, 3.63) is 48.0 Å². The van der Waals surface area contributed by atoms with Crippen LogP contribution in [0.2, 0.25) is 0 Å². The van der Waals surface area contributed by atoms with Crippen molar-refractivity contribution in [2.45, 2.75) is 38.0 Å². The highest BCUT2D eigenvalue weighted by Crippen LogP contribution is 2.37. The molecule has 22 heavy (non-hydrogen) atoms. The molecule has 2 nitrogen and oxygen atoms in total. The van der Waals surface area contributed by atoms with Crippen LogP contribution < -0.4 is 5.73 Å². The Hall–Kier alpha value is -1.38. The van der Waals surface area contributed by atoms with Gasteiger partial charge in [-0.3, -0.25) is 0 Å². The van der Waals surface area contributed by atoms with Gasteiger partial charge in [0.05, 0.1) is 0 Å². The summed E-state index contributed by atoms with van der Waals surface area (Å²) in [5.41, 5.74) is 7.86. The summed E-state index contributed by atoms with van der Waals surface area (Å²) in [6, 6.07) is 15.4. The fourth-order valence-electron chi connectivity index (χ4n) is 3.35. The first-order chi connectivity index (χ1) is 10.6. The van der Waals surface area contributed by atoms with E-state index in [4.69, 9.17) is 5.73 Å². The molecule has 0 radical (unpaired) electrons. The van der Waals surface area contributed by atoms with Gasteiger partial charge in [0.15, 0.2) is 0 Å². The lowest BCUT2D eigenvalue weighted by Gasteiger charge is -2.35. The average Bonchev–Trinajstić information content (AvgIpc) is 2.55. The van der Waals surface area contributed by atoms with E-state index < -0.39 is 0 Å². The highest BCUT2D eigenvalue weighted by atomic mass is 15.0. The summed E-state index contributed by atoms with van der Waals surface area (Å²) in [7, 11) is 4.29. The van der Waals surface area contributed by atoms with Crippen molar-refractivity contribution < 1.29 is 0 Å². The molecule has 0 aliphatic rings. The van der Waals surface area contributed by atoms with Gasteiger partial charge in [-0.15, -0.1) is 0 Å². The average molecular weight is 298 g/mol. The zero-order chi connectivity index (χ0) is 16.0. The smallest absolute Gasteiger partial charge is 0.00938 e. The van der Waals surface area contributed by atoms with Crippen molar-refractivity contribution in [3.63, 3.8) is 0 Å². The van der Waals surface area contributed by atoms with Gasteiger partial charge < -0.3 is 10.6 Å². The van der Waals surface area contributed by atoms with Crippen molar-refractivity contribution in [2.75, 3.05) is 27.2 Å². The van der Waals surface area contributed by atoms with Crippen LogP contribution in [0.4, 0.5) is 0 Å². The third kappa shape index (κ3) is 3.68. The van der Waals surface area contributed by atoms with Crippen molar-refractivity contribution >= 4 is 10.8 Å². The minimum Gasteiger partial charge on any atom is -0.330 e. The summed E-state index contributed by atoms with van der Waals surface area (Å²) in [4.78, 5) is 2.27. The van der Waals surface area contributed by atoms with E-state index in [0.717, 1.165) is 19.5 Å². The molecule has 0 spiro atoms. The molecule has 2 rings (SSSR count). The van der Waals surface area contributed by atoms with E-state index in [1.54, 1.807) is 0 Å². The number of nitrogens with two attached hydrogens (primary N) is 1. The molecular formula is C20H30N2. The van der Waals surface area contributed by atoms with E-state index in [1.165, 1.54) is 35.6 Å². The van der Waals surface area contributed by atoms with Crippen LogP contribution >= 0.6 is 0 Å². The van der Waals surface area contributed by atoms with E-state index in [1.807, 2.05) is 0 Å². The number of hydrogen-bond donors (Lipinski definition) is 1. The first-order valence-corrected chi connectivity index (χ1v) is 8.46. The summed E-state index contributed by atoms with van der Waals surface area (Å²) in [5.74, 6) is 0. The molecule has 0 saturated carbocycles. The van der Waals surface area contributed by atoms with Gasteiger partial charge in [-0.2, -0.15) is 0 Å². The normalized spacial score (nSPS) is 14.4. The third-order valence-corrected chi connectivity index (χ3v) is 4.80. The Morgan fingerprint density at radius 2 is 1.73 bits per heavy atom. The molecule has 0 aliphatic carbocycles. The van der Waals surface area contributed by atoms with Crippen LogP contribution in [0.1, 0.15) is 38.2 Å². The Morgan fingerprint density at radius 1 is 1.00 bits per heavy atom. The fourth-order valence-corrected chi connectivity index (χ4v) is 3.35. The minimum atomic E-state index is 0.0845. The topological polar surface area (TPSA) is 29.3 Å². The van der Waals surface area contributed by atoms with E-state index in [2.05, 4.69) is 68.4 Å². The van der Waals surface area contributed by atoms with Gasteiger partial charge in [0, 0.05) is 12.0 Å². The van der Waals surface area contributed by atoms with Gasteiger partial charge in [-0.25, -0.2) is 0 Å². The lowest BCUT2D eigenvalue weighted by molar-refractivity contribution is 0.298. The summed E-state index contributed by atoms with van der Waals surface area (Å²) < 4.78 is 0. The molecule has 2 aromatic carbocycles. The molecule has 1 atom stereocenters. The quantitative estimate of drug-likeness (QED) is 0.792. The van der Waals surface area contributed by atoms with Gasteiger partial charge >= 0.3 is 0 Å². The van der Waals surface area contributed by atoms with Crippen molar-refractivity contribution in [3.8, 4) is 0 Å². The number of nitrogens with zero attached hydrogens (tertiary/aromatic N) is 1. The molecule has 0 fully saturated rings. The number of unbranched alkanes of at least 4 members (excludes halogenated alkanes) is 1. The van der Waals surface area contributed by atoms with E-state index in [9.17, 15) is 0 Å². The molecule has 0 saturated heterocycles. The van der Waals surface area contributed by atoms with Gasteiger partial charge in [0.2, 0.25) is 0 Å². The lowest BCUT2D eigenvalue weighted by atomic mass is 9.72. The second-order valence-electron chi connectivity index (χ2n) is 6.67. The molecule has 2 aromatic rings. The van der Waals surface area contributed by atoms with Crippen molar-refractivity contribution in [2.24, 2.45) is 5.73 Å². The summed E-state index contributed by atoms with van der Waals surface area (Å²) in [6.07, 6.45) is 4.73. The number of benzene rings is 2. The summed E-state index contributed by atoms with van der Waals surface area (Å²) in [5, 5.41) is 2.68. The largest absolute Gasteiger partial charge is 0.330 e. The molecule has 120 valence electrons. The predicted molar refractivity (Wildman–Crippen MR) is 97.4 cm³/mol. The zero-order valence-electron chi connectivity index (χ0n) is 14.3.